The second-order valence-corrected chi connectivity index (χ2v) is 9.95. The summed E-state index contributed by atoms with van der Waals surface area (Å²) >= 11 is 0. The van der Waals surface area contributed by atoms with E-state index in [4.69, 9.17) is 4.74 Å². The quantitative estimate of drug-likeness (QED) is 0.651. The number of methoxy groups -OCH3 is 1. The average molecular weight is 386 g/mol. The van der Waals surface area contributed by atoms with Crippen molar-refractivity contribution in [3.63, 3.8) is 0 Å². The summed E-state index contributed by atoms with van der Waals surface area (Å²) in [7, 11) is 4.10. The number of sulfonamides is 1. The van der Waals surface area contributed by atoms with Gasteiger partial charge in [0.15, 0.2) is 0 Å². The van der Waals surface area contributed by atoms with E-state index in [9.17, 15) is 8.42 Å². The van der Waals surface area contributed by atoms with Crippen molar-refractivity contribution in [1.29, 1.82) is 0 Å². The number of aryl methyl sites for hydroxylation is 1. The number of fused-ring (bicyclic) bond motifs is 1. The molecular formula is C17H31N5O3S. The summed E-state index contributed by atoms with van der Waals surface area (Å²) in [6.45, 7) is 7.28. The molecule has 0 saturated carbocycles. The molecule has 0 bridgehead atoms. The SMILES string of the molecule is COCCN1C[C@H]2CN(S(=O)(=O)c3cnn(C)c3C)C[C@@]2(CN(C)C)C1. The molecule has 0 aromatic carbocycles. The van der Waals surface area contributed by atoms with Crippen LogP contribution in [-0.4, -0.2) is 99.4 Å². The fraction of sp³-hybridized carbons (Fsp3) is 0.824. The number of rotatable bonds is 7. The van der Waals surface area contributed by atoms with Crippen LogP contribution in [0.15, 0.2) is 11.1 Å². The Kier molecular flexibility index (Phi) is 5.47. The summed E-state index contributed by atoms with van der Waals surface area (Å²) < 4.78 is 34.9. The van der Waals surface area contributed by atoms with Crippen molar-refractivity contribution in [1.82, 2.24) is 23.9 Å². The number of likely N-dealkylation sites (tertiary alicyclic amines) is 1. The normalized spacial score (nSPS) is 27.5. The molecule has 0 radical (unpaired) electrons. The predicted molar refractivity (Wildman–Crippen MR) is 99.5 cm³/mol. The summed E-state index contributed by atoms with van der Waals surface area (Å²) in [6.07, 6.45) is 1.47. The van der Waals surface area contributed by atoms with E-state index in [1.807, 2.05) is 0 Å². The van der Waals surface area contributed by atoms with Crippen LogP contribution >= 0.6 is 0 Å². The van der Waals surface area contributed by atoms with Gasteiger partial charge in [0.25, 0.3) is 0 Å². The van der Waals surface area contributed by atoms with E-state index in [1.165, 1.54) is 6.20 Å². The highest BCUT2D eigenvalue weighted by Gasteiger charge is 2.55. The fourth-order valence-corrected chi connectivity index (χ4v) is 6.31. The number of ether oxygens (including phenoxy) is 1. The van der Waals surface area contributed by atoms with Crippen LogP contribution in [0.3, 0.4) is 0 Å². The van der Waals surface area contributed by atoms with Crippen LogP contribution in [0.4, 0.5) is 0 Å². The van der Waals surface area contributed by atoms with Gasteiger partial charge in [0.05, 0.1) is 18.5 Å². The van der Waals surface area contributed by atoms with Crippen LogP contribution in [0.5, 0.6) is 0 Å². The van der Waals surface area contributed by atoms with Crippen LogP contribution in [0.25, 0.3) is 0 Å². The second-order valence-electron chi connectivity index (χ2n) is 8.04. The van der Waals surface area contributed by atoms with E-state index in [1.54, 1.807) is 30.1 Å². The van der Waals surface area contributed by atoms with Gasteiger partial charge in [-0.3, -0.25) is 4.68 Å². The zero-order valence-electron chi connectivity index (χ0n) is 16.5. The maximum atomic E-state index is 13.2. The Hall–Kier alpha value is -1.00. The van der Waals surface area contributed by atoms with Crippen LogP contribution in [0.1, 0.15) is 5.69 Å². The van der Waals surface area contributed by atoms with E-state index in [-0.39, 0.29) is 5.41 Å². The van der Waals surface area contributed by atoms with Gasteiger partial charge in [-0.05, 0) is 26.9 Å². The maximum absolute atomic E-state index is 13.2. The minimum absolute atomic E-state index is 0.0274. The summed E-state index contributed by atoms with van der Waals surface area (Å²) in [5.74, 6) is 0.341. The molecule has 2 aliphatic rings. The smallest absolute Gasteiger partial charge is 0.246 e. The van der Waals surface area contributed by atoms with Gasteiger partial charge < -0.3 is 14.5 Å². The molecule has 0 aliphatic carbocycles. The molecule has 2 atom stereocenters. The minimum Gasteiger partial charge on any atom is -0.383 e. The Balaban J connectivity index is 1.83. The zero-order valence-corrected chi connectivity index (χ0v) is 17.3. The lowest BCUT2D eigenvalue weighted by Gasteiger charge is -2.32. The Morgan fingerprint density at radius 3 is 2.65 bits per heavy atom. The molecular weight excluding hydrogens is 354 g/mol. The van der Waals surface area contributed by atoms with Crippen LogP contribution < -0.4 is 0 Å². The van der Waals surface area contributed by atoms with Gasteiger partial charge in [-0.25, -0.2) is 8.42 Å². The van der Waals surface area contributed by atoms with E-state index < -0.39 is 10.0 Å². The standard InChI is InChI=1S/C17H31N5O3S/c1-14-16(8-18-20(14)4)26(23,24)22-10-15-9-21(6-7-25-5)12-17(15,13-22)11-19(2)3/h8,15H,6-7,9-13H2,1-5H3/t15-,17+/m0/s1. The van der Waals surface area contributed by atoms with Crippen molar-refractivity contribution in [2.24, 2.45) is 18.4 Å². The second kappa shape index (κ2) is 7.20. The summed E-state index contributed by atoms with van der Waals surface area (Å²) in [4.78, 5) is 4.92. The average Bonchev–Trinajstić information content (AvgIpc) is 3.16. The van der Waals surface area contributed by atoms with Crippen molar-refractivity contribution in [2.45, 2.75) is 11.8 Å². The van der Waals surface area contributed by atoms with Crippen molar-refractivity contribution >= 4 is 10.0 Å². The first-order chi connectivity index (χ1) is 12.2. The Labute approximate surface area is 156 Å². The first-order valence-corrected chi connectivity index (χ1v) is 10.5. The zero-order chi connectivity index (χ0) is 19.1. The molecule has 1 aromatic heterocycles. The fourth-order valence-electron chi connectivity index (χ4n) is 4.54. The molecule has 0 unspecified atom stereocenters. The molecule has 0 amide bonds. The molecule has 2 saturated heterocycles. The van der Waals surface area contributed by atoms with Crippen LogP contribution in [0, 0.1) is 18.3 Å². The molecule has 0 N–H and O–H groups in total. The lowest BCUT2D eigenvalue weighted by Crippen LogP contribution is -2.43. The van der Waals surface area contributed by atoms with Crippen molar-refractivity contribution < 1.29 is 13.2 Å². The summed E-state index contributed by atoms with van der Waals surface area (Å²) in [5, 5.41) is 4.12. The summed E-state index contributed by atoms with van der Waals surface area (Å²) in [6, 6.07) is 0. The monoisotopic (exact) mass is 385 g/mol. The van der Waals surface area contributed by atoms with E-state index in [2.05, 4.69) is 29.0 Å². The van der Waals surface area contributed by atoms with Gasteiger partial charge in [-0.15, -0.1) is 0 Å². The van der Waals surface area contributed by atoms with E-state index in [0.717, 1.165) is 26.2 Å². The molecule has 3 heterocycles. The van der Waals surface area contributed by atoms with Gasteiger partial charge in [-0.2, -0.15) is 9.40 Å². The number of aromatic nitrogens is 2. The predicted octanol–water partition coefficient (Wildman–Crippen LogP) is -0.141. The molecule has 2 aliphatic heterocycles. The number of hydrogen-bond donors (Lipinski definition) is 0. The molecule has 8 nitrogen and oxygen atoms in total. The molecule has 0 spiro atoms. The van der Waals surface area contributed by atoms with Crippen molar-refractivity contribution in [2.75, 3.05) is 67.1 Å². The lowest BCUT2D eigenvalue weighted by molar-refractivity contribution is 0.141. The minimum atomic E-state index is -3.51. The van der Waals surface area contributed by atoms with E-state index >= 15 is 0 Å². The van der Waals surface area contributed by atoms with Crippen LogP contribution in [-0.2, 0) is 21.8 Å². The van der Waals surface area contributed by atoms with E-state index in [0.29, 0.717) is 36.2 Å². The lowest BCUT2D eigenvalue weighted by atomic mass is 9.80. The highest BCUT2D eigenvalue weighted by Crippen LogP contribution is 2.44. The highest BCUT2D eigenvalue weighted by atomic mass is 32.2. The van der Waals surface area contributed by atoms with Gasteiger partial charge in [0, 0.05) is 58.8 Å². The third-order valence-corrected chi connectivity index (χ3v) is 7.76. The topological polar surface area (TPSA) is 70.9 Å². The van der Waals surface area contributed by atoms with Gasteiger partial charge >= 0.3 is 0 Å². The summed E-state index contributed by atoms with van der Waals surface area (Å²) in [5.41, 5.74) is 0.658. The van der Waals surface area contributed by atoms with Crippen LogP contribution in [0.2, 0.25) is 0 Å². The molecule has 1 aromatic rings. The Morgan fingerprint density at radius 2 is 2.08 bits per heavy atom. The third-order valence-electron chi connectivity index (χ3n) is 5.85. The Bertz CT molecular complexity index is 748. The number of hydrogen-bond acceptors (Lipinski definition) is 6. The maximum Gasteiger partial charge on any atom is 0.246 e. The third kappa shape index (κ3) is 3.43. The molecule has 3 rings (SSSR count). The number of nitrogens with zero attached hydrogens (tertiary/aromatic N) is 5. The molecule has 26 heavy (non-hydrogen) atoms. The Morgan fingerprint density at radius 1 is 1.35 bits per heavy atom. The molecule has 148 valence electrons. The first kappa shape index (κ1) is 19.8. The molecule has 9 heteroatoms. The van der Waals surface area contributed by atoms with Gasteiger partial charge in [-0.1, -0.05) is 0 Å². The van der Waals surface area contributed by atoms with Crippen molar-refractivity contribution in [3.05, 3.63) is 11.9 Å². The molecule has 2 fully saturated rings. The largest absolute Gasteiger partial charge is 0.383 e. The van der Waals surface area contributed by atoms with Gasteiger partial charge in [0.2, 0.25) is 10.0 Å². The highest BCUT2D eigenvalue weighted by molar-refractivity contribution is 7.89. The van der Waals surface area contributed by atoms with Crippen molar-refractivity contribution in [3.8, 4) is 0 Å². The first-order valence-electron chi connectivity index (χ1n) is 9.04. The van der Waals surface area contributed by atoms with Gasteiger partial charge in [0.1, 0.15) is 4.90 Å².